The predicted octanol–water partition coefficient (Wildman–Crippen LogP) is 3.00. The quantitative estimate of drug-likeness (QED) is 0.778. The molecule has 1 rings (SSSR count). The van der Waals surface area contributed by atoms with Gasteiger partial charge >= 0.3 is 0 Å². The van der Waals surface area contributed by atoms with Gasteiger partial charge in [0.15, 0.2) is 0 Å². The van der Waals surface area contributed by atoms with Crippen molar-refractivity contribution < 1.29 is 8.42 Å². The molecule has 1 aromatic rings. The van der Waals surface area contributed by atoms with Crippen LogP contribution in [0.4, 0.5) is 0 Å². The number of nitrogens with zero attached hydrogens (tertiary/aromatic N) is 2. The number of sulfonamides is 1. The molecular formula is C16H24N2O2S. The third-order valence-electron chi connectivity index (χ3n) is 2.94. The monoisotopic (exact) mass is 308 g/mol. The molecule has 0 aliphatic rings. The smallest absolute Gasteiger partial charge is 0.212 e. The average molecular weight is 308 g/mol. The van der Waals surface area contributed by atoms with Gasteiger partial charge in [-0.05, 0) is 29.5 Å². The van der Waals surface area contributed by atoms with Crippen molar-refractivity contribution >= 4 is 10.0 Å². The van der Waals surface area contributed by atoms with Crippen LogP contribution in [0.2, 0.25) is 0 Å². The van der Waals surface area contributed by atoms with E-state index < -0.39 is 10.0 Å². The number of nitriles is 1. The van der Waals surface area contributed by atoms with E-state index in [1.807, 2.05) is 33.8 Å². The van der Waals surface area contributed by atoms with Crippen LogP contribution in [0.5, 0.6) is 0 Å². The molecule has 0 bridgehead atoms. The van der Waals surface area contributed by atoms with Gasteiger partial charge in [-0.15, -0.1) is 0 Å². The Balaban J connectivity index is 2.97. The maximum atomic E-state index is 12.6. The maximum Gasteiger partial charge on any atom is 0.218 e. The molecule has 0 aliphatic heterocycles. The van der Waals surface area contributed by atoms with E-state index in [1.165, 1.54) is 0 Å². The molecule has 0 amide bonds. The Morgan fingerprint density at radius 3 is 2.19 bits per heavy atom. The zero-order valence-corrected chi connectivity index (χ0v) is 14.0. The second-order valence-corrected chi connectivity index (χ2v) is 8.14. The summed E-state index contributed by atoms with van der Waals surface area (Å²) in [6.07, 6.45) is 0. The molecule has 4 nitrogen and oxygen atoms in total. The van der Waals surface area contributed by atoms with Gasteiger partial charge in [-0.25, -0.2) is 12.7 Å². The Kier molecular flexibility index (Phi) is 6.38. The van der Waals surface area contributed by atoms with Crippen molar-refractivity contribution in [1.82, 2.24) is 4.31 Å². The standard InChI is InChI=1S/C16H24N2O2S/c1-13(2)10-18(11-14(3)4)21(19,20)12-16-7-5-6-15(8-16)9-17/h5-8,13-14H,10-12H2,1-4H3. The Morgan fingerprint density at radius 2 is 1.71 bits per heavy atom. The molecule has 0 atom stereocenters. The van der Waals surface area contributed by atoms with E-state index in [9.17, 15) is 8.42 Å². The first-order valence-corrected chi connectivity index (χ1v) is 8.82. The molecular weight excluding hydrogens is 284 g/mol. The first-order valence-electron chi connectivity index (χ1n) is 7.21. The summed E-state index contributed by atoms with van der Waals surface area (Å²) in [7, 11) is -3.37. The number of hydrogen-bond donors (Lipinski definition) is 0. The van der Waals surface area contributed by atoms with Gasteiger partial charge in [0, 0.05) is 13.1 Å². The molecule has 0 aromatic heterocycles. The van der Waals surface area contributed by atoms with Crippen LogP contribution in [-0.2, 0) is 15.8 Å². The molecule has 21 heavy (non-hydrogen) atoms. The third-order valence-corrected chi connectivity index (χ3v) is 4.72. The van der Waals surface area contributed by atoms with Gasteiger partial charge in [-0.1, -0.05) is 39.8 Å². The van der Waals surface area contributed by atoms with Crippen molar-refractivity contribution in [3.05, 3.63) is 35.4 Å². The topological polar surface area (TPSA) is 61.2 Å². The molecule has 0 heterocycles. The molecule has 0 saturated heterocycles. The molecule has 0 saturated carbocycles. The highest BCUT2D eigenvalue weighted by Crippen LogP contribution is 2.16. The number of hydrogen-bond acceptors (Lipinski definition) is 3. The minimum Gasteiger partial charge on any atom is -0.212 e. The molecule has 0 N–H and O–H groups in total. The van der Waals surface area contributed by atoms with Crippen LogP contribution in [-0.4, -0.2) is 25.8 Å². The number of benzene rings is 1. The summed E-state index contributed by atoms with van der Waals surface area (Å²) in [4.78, 5) is 0. The molecule has 5 heteroatoms. The number of rotatable bonds is 7. The zero-order chi connectivity index (χ0) is 16.0. The van der Waals surface area contributed by atoms with Crippen LogP contribution in [0.1, 0.15) is 38.8 Å². The molecule has 0 unspecified atom stereocenters. The van der Waals surface area contributed by atoms with E-state index in [4.69, 9.17) is 5.26 Å². The van der Waals surface area contributed by atoms with E-state index in [2.05, 4.69) is 0 Å². The Hall–Kier alpha value is -1.38. The summed E-state index contributed by atoms with van der Waals surface area (Å²) in [5.74, 6) is 0.509. The minimum atomic E-state index is -3.37. The Labute approximate surface area is 128 Å². The molecule has 1 aromatic carbocycles. The van der Waals surface area contributed by atoms with Gasteiger partial charge in [0.05, 0.1) is 17.4 Å². The normalized spacial score (nSPS) is 12.1. The molecule has 0 radical (unpaired) electrons. The van der Waals surface area contributed by atoms with E-state index in [1.54, 1.807) is 28.6 Å². The van der Waals surface area contributed by atoms with E-state index in [0.29, 0.717) is 24.2 Å². The fourth-order valence-corrected chi connectivity index (χ4v) is 3.98. The minimum absolute atomic E-state index is 0.0536. The fourth-order valence-electron chi connectivity index (χ4n) is 2.15. The summed E-state index contributed by atoms with van der Waals surface area (Å²) in [6, 6.07) is 8.83. The molecule has 116 valence electrons. The van der Waals surface area contributed by atoms with Crippen molar-refractivity contribution in [3.63, 3.8) is 0 Å². The highest BCUT2D eigenvalue weighted by molar-refractivity contribution is 7.88. The first kappa shape index (κ1) is 17.7. The van der Waals surface area contributed by atoms with Crippen molar-refractivity contribution in [2.75, 3.05) is 13.1 Å². The second kappa shape index (κ2) is 7.58. The van der Waals surface area contributed by atoms with Gasteiger partial charge < -0.3 is 0 Å². The van der Waals surface area contributed by atoms with Crippen LogP contribution < -0.4 is 0 Å². The van der Waals surface area contributed by atoms with Gasteiger partial charge in [0.25, 0.3) is 0 Å². The summed E-state index contributed by atoms with van der Waals surface area (Å²) < 4.78 is 26.8. The first-order chi connectivity index (χ1) is 9.74. The highest BCUT2D eigenvalue weighted by atomic mass is 32.2. The summed E-state index contributed by atoms with van der Waals surface area (Å²) >= 11 is 0. The lowest BCUT2D eigenvalue weighted by Gasteiger charge is -2.25. The fraction of sp³-hybridized carbons (Fsp3) is 0.562. The predicted molar refractivity (Wildman–Crippen MR) is 85.0 cm³/mol. The van der Waals surface area contributed by atoms with Crippen molar-refractivity contribution in [2.45, 2.75) is 33.4 Å². The molecule has 0 spiro atoms. The summed E-state index contributed by atoms with van der Waals surface area (Å²) in [5.41, 5.74) is 1.15. The maximum absolute atomic E-state index is 12.6. The lowest BCUT2D eigenvalue weighted by Crippen LogP contribution is -2.37. The van der Waals surface area contributed by atoms with Gasteiger partial charge in [0.1, 0.15) is 0 Å². The van der Waals surface area contributed by atoms with Crippen LogP contribution in [0.15, 0.2) is 24.3 Å². The Bertz CT molecular complexity index is 591. The average Bonchev–Trinajstić information content (AvgIpc) is 2.36. The van der Waals surface area contributed by atoms with Crippen LogP contribution in [0.3, 0.4) is 0 Å². The van der Waals surface area contributed by atoms with Crippen molar-refractivity contribution in [2.24, 2.45) is 11.8 Å². The van der Waals surface area contributed by atoms with Gasteiger partial charge in [0.2, 0.25) is 10.0 Å². The highest BCUT2D eigenvalue weighted by Gasteiger charge is 2.24. The van der Waals surface area contributed by atoms with Gasteiger partial charge in [-0.3, -0.25) is 0 Å². The van der Waals surface area contributed by atoms with Crippen LogP contribution in [0.25, 0.3) is 0 Å². The van der Waals surface area contributed by atoms with Crippen molar-refractivity contribution in [1.29, 1.82) is 5.26 Å². The lowest BCUT2D eigenvalue weighted by atomic mass is 10.2. The van der Waals surface area contributed by atoms with E-state index in [-0.39, 0.29) is 17.6 Å². The van der Waals surface area contributed by atoms with Gasteiger partial charge in [-0.2, -0.15) is 5.26 Å². The van der Waals surface area contributed by atoms with Crippen molar-refractivity contribution in [3.8, 4) is 6.07 Å². The van der Waals surface area contributed by atoms with E-state index in [0.717, 1.165) is 0 Å². The summed E-state index contributed by atoms with van der Waals surface area (Å²) in [5, 5.41) is 8.90. The second-order valence-electron chi connectivity index (χ2n) is 6.17. The molecule has 0 aliphatic carbocycles. The molecule has 0 fully saturated rings. The zero-order valence-electron chi connectivity index (χ0n) is 13.2. The van der Waals surface area contributed by atoms with Crippen LogP contribution >= 0.6 is 0 Å². The summed E-state index contributed by atoms with van der Waals surface area (Å²) in [6.45, 7) is 9.10. The van der Waals surface area contributed by atoms with Crippen LogP contribution in [0, 0.1) is 23.2 Å². The Morgan fingerprint density at radius 1 is 1.14 bits per heavy atom. The lowest BCUT2D eigenvalue weighted by molar-refractivity contribution is 0.333. The van der Waals surface area contributed by atoms with E-state index >= 15 is 0 Å². The SMILES string of the molecule is CC(C)CN(CC(C)C)S(=O)(=O)Cc1cccc(C#N)c1. The largest absolute Gasteiger partial charge is 0.218 e. The third kappa shape index (κ3) is 5.86.